The van der Waals surface area contributed by atoms with Gasteiger partial charge in [0, 0.05) is 31.9 Å². The lowest BCUT2D eigenvalue weighted by molar-refractivity contribution is 0.0171. The van der Waals surface area contributed by atoms with E-state index in [-0.39, 0.29) is 6.10 Å². The van der Waals surface area contributed by atoms with Gasteiger partial charge in [0.25, 0.3) is 0 Å². The second-order valence-electron chi connectivity index (χ2n) is 4.68. The molecule has 0 aliphatic carbocycles. The van der Waals surface area contributed by atoms with Crippen molar-refractivity contribution in [2.24, 2.45) is 0 Å². The predicted molar refractivity (Wildman–Crippen MR) is 74.7 cm³/mol. The highest BCUT2D eigenvalue weighted by Crippen LogP contribution is 2.14. The Hall–Kier alpha value is -1.30. The van der Waals surface area contributed by atoms with Gasteiger partial charge < -0.3 is 19.9 Å². The quantitative estimate of drug-likeness (QED) is 0.797. The third kappa shape index (κ3) is 4.70. The molecule has 1 atom stereocenters. The molecule has 1 aromatic carbocycles. The largest absolute Gasteiger partial charge is 0.497 e. The maximum Gasteiger partial charge on any atom is 0.119 e. The third-order valence-corrected chi connectivity index (χ3v) is 3.20. The number of hydrogen-bond acceptors (Lipinski definition) is 5. The number of aliphatic hydroxyl groups is 1. The van der Waals surface area contributed by atoms with Crippen LogP contribution in [0.2, 0.25) is 0 Å². The molecular formula is C14H22N2O3. The van der Waals surface area contributed by atoms with E-state index in [2.05, 4.69) is 10.2 Å². The average Bonchev–Trinajstić information content (AvgIpc) is 2.47. The first-order valence-electron chi connectivity index (χ1n) is 6.64. The molecule has 1 fully saturated rings. The number of rotatable bonds is 6. The lowest BCUT2D eigenvalue weighted by Gasteiger charge is -2.28. The van der Waals surface area contributed by atoms with Gasteiger partial charge in [-0.2, -0.15) is 0 Å². The Labute approximate surface area is 114 Å². The van der Waals surface area contributed by atoms with Crippen LogP contribution in [0.5, 0.6) is 5.75 Å². The van der Waals surface area contributed by atoms with E-state index < -0.39 is 0 Å². The summed E-state index contributed by atoms with van der Waals surface area (Å²) < 4.78 is 10.4. The molecule has 2 N–H and O–H groups in total. The molecule has 2 rings (SSSR count). The Morgan fingerprint density at radius 2 is 2.00 bits per heavy atom. The van der Waals surface area contributed by atoms with Gasteiger partial charge in [-0.1, -0.05) is 0 Å². The fourth-order valence-electron chi connectivity index (χ4n) is 2.09. The van der Waals surface area contributed by atoms with Gasteiger partial charge in [-0.25, -0.2) is 0 Å². The summed E-state index contributed by atoms with van der Waals surface area (Å²) in [6, 6.07) is 7.69. The van der Waals surface area contributed by atoms with Gasteiger partial charge >= 0.3 is 0 Å². The smallest absolute Gasteiger partial charge is 0.119 e. The van der Waals surface area contributed by atoms with Crippen LogP contribution in [-0.4, -0.2) is 62.6 Å². The van der Waals surface area contributed by atoms with Crippen LogP contribution in [0, 0.1) is 0 Å². The van der Waals surface area contributed by atoms with E-state index in [4.69, 9.17) is 9.47 Å². The normalized spacial score (nSPS) is 18.0. The van der Waals surface area contributed by atoms with Gasteiger partial charge in [-0.3, -0.25) is 4.90 Å². The van der Waals surface area contributed by atoms with Gasteiger partial charge in [0.1, 0.15) is 5.75 Å². The van der Waals surface area contributed by atoms with Crippen LogP contribution < -0.4 is 10.1 Å². The summed E-state index contributed by atoms with van der Waals surface area (Å²) in [5.41, 5.74) is 0.988. The molecule has 1 saturated heterocycles. The van der Waals surface area contributed by atoms with Crippen LogP contribution in [0.4, 0.5) is 5.69 Å². The van der Waals surface area contributed by atoms with Crippen molar-refractivity contribution >= 4 is 5.69 Å². The van der Waals surface area contributed by atoms with Crippen LogP contribution in [-0.2, 0) is 4.74 Å². The van der Waals surface area contributed by atoms with Crippen molar-refractivity contribution < 1.29 is 14.6 Å². The average molecular weight is 266 g/mol. The van der Waals surface area contributed by atoms with Crippen molar-refractivity contribution in [1.29, 1.82) is 0 Å². The zero-order valence-electron chi connectivity index (χ0n) is 11.3. The molecular weight excluding hydrogens is 244 g/mol. The minimum absolute atomic E-state index is 0.375. The molecule has 106 valence electrons. The van der Waals surface area contributed by atoms with E-state index in [0.717, 1.165) is 37.7 Å². The summed E-state index contributed by atoms with van der Waals surface area (Å²) in [4.78, 5) is 2.23. The number of benzene rings is 1. The molecule has 0 aromatic heterocycles. The number of β-amino-alcohol motifs (C(OH)–C–C–N with tert-alkyl or cyclic N) is 1. The summed E-state index contributed by atoms with van der Waals surface area (Å²) in [6.07, 6.45) is -0.375. The van der Waals surface area contributed by atoms with E-state index >= 15 is 0 Å². The number of nitrogens with zero attached hydrogens (tertiary/aromatic N) is 1. The highest BCUT2D eigenvalue weighted by Gasteiger charge is 2.14. The minimum atomic E-state index is -0.375. The molecule has 0 radical (unpaired) electrons. The van der Waals surface area contributed by atoms with E-state index in [1.807, 2.05) is 24.3 Å². The van der Waals surface area contributed by atoms with Gasteiger partial charge in [0.05, 0.1) is 26.4 Å². The Balaban J connectivity index is 1.71. The highest BCUT2D eigenvalue weighted by atomic mass is 16.5. The molecule has 5 heteroatoms. The molecule has 0 saturated carbocycles. The molecule has 1 aliphatic rings. The summed E-state index contributed by atoms with van der Waals surface area (Å²) in [6.45, 7) is 4.56. The van der Waals surface area contributed by atoms with Crippen LogP contribution in [0.25, 0.3) is 0 Å². The lowest BCUT2D eigenvalue weighted by atomic mass is 10.2. The number of morpholine rings is 1. The maximum atomic E-state index is 9.99. The van der Waals surface area contributed by atoms with E-state index in [0.29, 0.717) is 13.1 Å². The Morgan fingerprint density at radius 3 is 2.63 bits per heavy atom. The number of methoxy groups -OCH3 is 1. The van der Waals surface area contributed by atoms with Gasteiger partial charge in [-0.05, 0) is 24.3 Å². The van der Waals surface area contributed by atoms with Crippen molar-refractivity contribution in [2.45, 2.75) is 6.10 Å². The first-order valence-corrected chi connectivity index (χ1v) is 6.64. The summed E-state index contributed by atoms with van der Waals surface area (Å²) >= 11 is 0. The summed E-state index contributed by atoms with van der Waals surface area (Å²) in [5.74, 6) is 0.833. The molecule has 0 spiro atoms. The molecule has 5 nitrogen and oxygen atoms in total. The number of anilines is 1. The van der Waals surface area contributed by atoms with Gasteiger partial charge in [-0.15, -0.1) is 0 Å². The SMILES string of the molecule is COc1ccc(NCC(O)CN2CCOCC2)cc1. The number of hydrogen-bond donors (Lipinski definition) is 2. The van der Waals surface area contributed by atoms with Crippen LogP contribution in [0.15, 0.2) is 24.3 Å². The van der Waals surface area contributed by atoms with Crippen molar-refractivity contribution in [3.05, 3.63) is 24.3 Å². The second kappa shape index (κ2) is 7.33. The Kier molecular flexibility index (Phi) is 5.44. The van der Waals surface area contributed by atoms with Crippen LogP contribution in [0.3, 0.4) is 0 Å². The zero-order valence-corrected chi connectivity index (χ0v) is 11.3. The molecule has 0 bridgehead atoms. The maximum absolute atomic E-state index is 9.99. The van der Waals surface area contributed by atoms with E-state index in [9.17, 15) is 5.11 Å². The summed E-state index contributed by atoms with van der Waals surface area (Å²) in [7, 11) is 1.65. The topological polar surface area (TPSA) is 54.0 Å². The van der Waals surface area contributed by atoms with E-state index in [1.165, 1.54) is 0 Å². The Morgan fingerprint density at radius 1 is 1.32 bits per heavy atom. The van der Waals surface area contributed by atoms with Crippen LogP contribution in [0.1, 0.15) is 0 Å². The molecule has 1 aromatic rings. The molecule has 0 amide bonds. The van der Waals surface area contributed by atoms with Crippen molar-refractivity contribution in [2.75, 3.05) is 51.8 Å². The number of nitrogens with one attached hydrogen (secondary N) is 1. The van der Waals surface area contributed by atoms with Crippen LogP contribution >= 0.6 is 0 Å². The molecule has 1 unspecified atom stereocenters. The number of aliphatic hydroxyl groups excluding tert-OH is 1. The lowest BCUT2D eigenvalue weighted by Crippen LogP contribution is -2.42. The molecule has 1 heterocycles. The first kappa shape index (κ1) is 14.1. The summed E-state index contributed by atoms with van der Waals surface area (Å²) in [5, 5.41) is 13.2. The van der Waals surface area contributed by atoms with Gasteiger partial charge in [0.2, 0.25) is 0 Å². The number of ether oxygens (including phenoxy) is 2. The van der Waals surface area contributed by atoms with Crippen molar-refractivity contribution in [3.63, 3.8) is 0 Å². The van der Waals surface area contributed by atoms with E-state index in [1.54, 1.807) is 7.11 Å². The van der Waals surface area contributed by atoms with Gasteiger partial charge in [0.15, 0.2) is 0 Å². The first-order chi connectivity index (χ1) is 9.28. The fraction of sp³-hybridized carbons (Fsp3) is 0.571. The monoisotopic (exact) mass is 266 g/mol. The second-order valence-corrected chi connectivity index (χ2v) is 4.68. The molecule has 1 aliphatic heterocycles. The fourth-order valence-corrected chi connectivity index (χ4v) is 2.09. The third-order valence-electron chi connectivity index (χ3n) is 3.20. The molecule has 19 heavy (non-hydrogen) atoms. The minimum Gasteiger partial charge on any atom is -0.497 e. The highest BCUT2D eigenvalue weighted by molar-refractivity contribution is 5.46. The standard InChI is InChI=1S/C14H22N2O3/c1-18-14-4-2-12(3-5-14)15-10-13(17)11-16-6-8-19-9-7-16/h2-5,13,15,17H,6-11H2,1H3. The zero-order chi connectivity index (χ0) is 13.5. The predicted octanol–water partition coefficient (Wildman–Crippen LogP) is 0.800. The van der Waals surface area contributed by atoms with Crippen molar-refractivity contribution in [1.82, 2.24) is 4.90 Å². The van der Waals surface area contributed by atoms with Crippen molar-refractivity contribution in [3.8, 4) is 5.75 Å². The Bertz CT molecular complexity index is 363.